The smallest absolute Gasteiger partial charge is 0 e. The summed E-state index contributed by atoms with van der Waals surface area (Å²) in [4.78, 5) is 0. The van der Waals surface area contributed by atoms with Crippen molar-refractivity contribution in [2.75, 3.05) is 0 Å². The van der Waals surface area contributed by atoms with Crippen molar-refractivity contribution in [3.05, 3.63) is 0 Å². The third-order valence-corrected chi connectivity index (χ3v) is 0. The summed E-state index contributed by atoms with van der Waals surface area (Å²) in [7, 11) is 0. The Bertz CT molecular complexity index is 6.00. The molecule has 0 rings (SSSR count). The van der Waals surface area contributed by atoms with E-state index in [9.17, 15) is 0 Å². The van der Waals surface area contributed by atoms with Crippen LogP contribution in [-0.4, -0.2) is 11.0 Å². The summed E-state index contributed by atoms with van der Waals surface area (Å²) >= 11 is 0. The molecule has 0 saturated heterocycles. The molecule has 31 valence electrons. The summed E-state index contributed by atoms with van der Waals surface area (Å²) in [6, 6.07) is 0. The van der Waals surface area contributed by atoms with Crippen LogP contribution in [0.5, 0.6) is 0 Å². The van der Waals surface area contributed by atoms with Crippen LogP contribution in [0.1, 0.15) is 0 Å². The zero-order chi connectivity index (χ0) is 0. The Morgan fingerprint density at radius 2 is 0.750 bits per heavy atom. The van der Waals surface area contributed by atoms with Crippen LogP contribution in [0.2, 0.25) is 0 Å². The average Bonchev–Trinajstić information content (AvgIpc) is 0. The zero-order valence-electron chi connectivity index (χ0n) is 1.74. The maximum atomic E-state index is 0. The Hall–Kier alpha value is 1.11. The van der Waals surface area contributed by atoms with E-state index in [1.165, 1.54) is 0 Å². The minimum absolute atomic E-state index is 0. The quantitative estimate of drug-likeness (QED) is 0.411. The molecule has 0 unspecified atom stereocenters. The minimum atomic E-state index is 0. The van der Waals surface area contributed by atoms with Gasteiger partial charge in [-0.2, -0.15) is 0 Å². The van der Waals surface area contributed by atoms with Crippen molar-refractivity contribution in [2.24, 2.45) is 0 Å². The molecule has 0 aliphatic carbocycles. The maximum absolute atomic E-state index is 0. The zero-order valence-corrected chi connectivity index (χ0v) is 4.79. The van der Waals surface area contributed by atoms with Crippen LogP contribution in [0.15, 0.2) is 0 Å². The van der Waals surface area contributed by atoms with Crippen molar-refractivity contribution in [2.45, 2.75) is 0 Å². The van der Waals surface area contributed by atoms with Crippen LogP contribution in [0.4, 0.5) is 0 Å². The molecular weight excluding hydrogens is 187 g/mol. The Morgan fingerprint density at radius 1 is 0.750 bits per heavy atom. The van der Waals surface area contributed by atoms with Gasteiger partial charge in [0.25, 0.3) is 0 Å². The second-order valence-electron chi connectivity index (χ2n) is 0. The molecular formula is H4CoMoO2. The molecule has 4 heavy (non-hydrogen) atoms. The predicted octanol–water partition coefficient (Wildman–Crippen LogP) is -1.65. The van der Waals surface area contributed by atoms with Crippen LogP contribution in [-0.2, 0) is 37.8 Å². The average molecular weight is 191 g/mol. The molecule has 0 fully saturated rings. The number of hydrogen-bond acceptors (Lipinski definition) is 0. The molecule has 0 spiro atoms. The fourth-order valence-electron chi connectivity index (χ4n) is 0. The fraction of sp³-hybridized carbons (Fsp3) is 0. The van der Waals surface area contributed by atoms with Gasteiger partial charge in [0.05, 0.1) is 0 Å². The second-order valence-corrected chi connectivity index (χ2v) is 0. The van der Waals surface area contributed by atoms with Crippen LogP contribution in [0, 0.1) is 0 Å². The van der Waals surface area contributed by atoms with E-state index < -0.39 is 0 Å². The van der Waals surface area contributed by atoms with E-state index in [-0.39, 0.29) is 48.8 Å². The molecule has 0 aromatic carbocycles. The Kier molecular flexibility index (Phi) is 560. The van der Waals surface area contributed by atoms with Gasteiger partial charge in [0.1, 0.15) is 0 Å². The van der Waals surface area contributed by atoms with E-state index in [0.717, 1.165) is 0 Å². The topological polar surface area (TPSA) is 63.0 Å². The molecule has 0 bridgehead atoms. The number of hydrogen-bond donors (Lipinski definition) is 0. The van der Waals surface area contributed by atoms with Gasteiger partial charge in [0, 0.05) is 37.8 Å². The Morgan fingerprint density at radius 3 is 0.750 bits per heavy atom. The summed E-state index contributed by atoms with van der Waals surface area (Å²) in [5.74, 6) is 0. The SMILES string of the molecule is O.O.[Co].[Mo]. The summed E-state index contributed by atoms with van der Waals surface area (Å²) in [6.07, 6.45) is 0. The first kappa shape index (κ1) is 69.7. The number of rotatable bonds is 0. The normalized spacial score (nSPS) is 0. The van der Waals surface area contributed by atoms with E-state index in [0.29, 0.717) is 0 Å². The molecule has 0 saturated carbocycles. The van der Waals surface area contributed by atoms with Gasteiger partial charge in [0.15, 0.2) is 0 Å². The molecule has 0 amide bonds. The van der Waals surface area contributed by atoms with Crippen molar-refractivity contribution in [1.29, 1.82) is 0 Å². The molecule has 0 aromatic rings. The van der Waals surface area contributed by atoms with E-state index >= 15 is 0 Å². The summed E-state index contributed by atoms with van der Waals surface area (Å²) in [5, 5.41) is 0. The van der Waals surface area contributed by atoms with Crippen LogP contribution in [0.3, 0.4) is 0 Å². The van der Waals surface area contributed by atoms with Crippen molar-refractivity contribution < 1.29 is 48.8 Å². The van der Waals surface area contributed by atoms with Gasteiger partial charge in [-0.05, 0) is 0 Å². The van der Waals surface area contributed by atoms with Gasteiger partial charge in [-0.1, -0.05) is 0 Å². The van der Waals surface area contributed by atoms with E-state index in [2.05, 4.69) is 0 Å². The third kappa shape index (κ3) is 11.2. The first-order valence-electron chi connectivity index (χ1n) is 0. The Balaban J connectivity index is 0. The van der Waals surface area contributed by atoms with Gasteiger partial charge < -0.3 is 11.0 Å². The van der Waals surface area contributed by atoms with Crippen LogP contribution < -0.4 is 0 Å². The van der Waals surface area contributed by atoms with Crippen molar-refractivity contribution in [3.63, 3.8) is 0 Å². The van der Waals surface area contributed by atoms with Crippen molar-refractivity contribution in [3.8, 4) is 0 Å². The summed E-state index contributed by atoms with van der Waals surface area (Å²) in [6.45, 7) is 0. The van der Waals surface area contributed by atoms with Crippen LogP contribution >= 0.6 is 0 Å². The molecule has 0 aliphatic rings. The standard InChI is InChI=1S/Co.Mo.2H2O/h;;2*1H2. The maximum Gasteiger partial charge on any atom is 0 e. The first-order valence-corrected chi connectivity index (χ1v) is 0. The monoisotopic (exact) mass is 193 g/mol. The first-order chi connectivity index (χ1) is 0. The van der Waals surface area contributed by atoms with E-state index in [1.807, 2.05) is 0 Å². The Labute approximate surface area is 49.0 Å². The minimum Gasteiger partial charge on any atom is -0.412 e. The van der Waals surface area contributed by atoms with Gasteiger partial charge >= 0.3 is 0 Å². The van der Waals surface area contributed by atoms with Gasteiger partial charge in [-0.25, -0.2) is 0 Å². The van der Waals surface area contributed by atoms with Gasteiger partial charge in [0.2, 0.25) is 0 Å². The van der Waals surface area contributed by atoms with Gasteiger partial charge in [-0.15, -0.1) is 0 Å². The largest absolute Gasteiger partial charge is 0.412 e. The van der Waals surface area contributed by atoms with Crippen LogP contribution in [0.25, 0.3) is 0 Å². The molecule has 0 atom stereocenters. The predicted molar refractivity (Wildman–Crippen MR) is 7.23 cm³/mol. The molecule has 2 nitrogen and oxygen atoms in total. The molecule has 4 heteroatoms. The molecule has 1 radical (unpaired) electrons. The summed E-state index contributed by atoms with van der Waals surface area (Å²) in [5.41, 5.74) is 0. The second kappa shape index (κ2) is 32.1. The van der Waals surface area contributed by atoms with Crippen molar-refractivity contribution in [1.82, 2.24) is 0 Å². The molecule has 4 N–H and O–H groups in total. The summed E-state index contributed by atoms with van der Waals surface area (Å²) < 4.78 is 0. The van der Waals surface area contributed by atoms with E-state index in [1.54, 1.807) is 0 Å². The van der Waals surface area contributed by atoms with Gasteiger partial charge in [-0.3, -0.25) is 0 Å². The molecule has 0 aromatic heterocycles. The van der Waals surface area contributed by atoms with Crippen molar-refractivity contribution >= 4 is 0 Å². The molecule has 0 heterocycles. The molecule has 0 aliphatic heterocycles. The van der Waals surface area contributed by atoms with E-state index in [4.69, 9.17) is 0 Å². The fourth-order valence-corrected chi connectivity index (χ4v) is 0. The third-order valence-electron chi connectivity index (χ3n) is 0.